The molecule has 4 aromatic carbocycles. The smallest absolute Gasteiger partial charge is 0.399 e. The van der Waals surface area contributed by atoms with Crippen LogP contribution in [0, 0.1) is 11.3 Å². The van der Waals surface area contributed by atoms with Crippen LogP contribution < -0.4 is 5.46 Å². The number of nitriles is 1. The minimum Gasteiger partial charge on any atom is -0.399 e. The number of benzene rings is 4. The third-order valence-corrected chi connectivity index (χ3v) is 7.82. The van der Waals surface area contributed by atoms with Crippen molar-refractivity contribution in [3.05, 3.63) is 109 Å². The summed E-state index contributed by atoms with van der Waals surface area (Å²) in [6, 6.07) is 35.7. The molecule has 0 N–H and O–H groups in total. The summed E-state index contributed by atoms with van der Waals surface area (Å²) in [6.07, 6.45) is 0. The average molecular weight is 536 g/mol. The van der Waals surface area contributed by atoms with Crippen molar-refractivity contribution in [3.63, 3.8) is 0 Å². The van der Waals surface area contributed by atoms with Gasteiger partial charge in [0.1, 0.15) is 0 Å². The normalized spacial score (nSPS) is 15.4. The highest BCUT2D eigenvalue weighted by Gasteiger charge is 2.51. The van der Waals surface area contributed by atoms with E-state index in [1.54, 1.807) is 0 Å². The Bertz CT molecular complexity index is 1760. The Morgan fingerprint density at radius 3 is 1.76 bits per heavy atom. The molecule has 5 aromatic rings. The lowest BCUT2D eigenvalue weighted by atomic mass is 9.78. The highest BCUT2D eigenvalue weighted by atomic mass is 16.7. The van der Waals surface area contributed by atoms with Gasteiger partial charge in [0.2, 0.25) is 0 Å². The van der Waals surface area contributed by atoms with E-state index >= 15 is 0 Å². The van der Waals surface area contributed by atoms with E-state index in [9.17, 15) is 5.26 Å². The van der Waals surface area contributed by atoms with Crippen molar-refractivity contribution < 1.29 is 9.31 Å². The molecule has 1 aliphatic heterocycles. The van der Waals surface area contributed by atoms with E-state index in [2.05, 4.69) is 6.07 Å². The zero-order valence-electron chi connectivity index (χ0n) is 23.5. The monoisotopic (exact) mass is 536 g/mol. The lowest BCUT2D eigenvalue weighted by Gasteiger charge is -2.32. The van der Waals surface area contributed by atoms with Crippen molar-refractivity contribution in [2.45, 2.75) is 38.9 Å². The van der Waals surface area contributed by atoms with Gasteiger partial charge in [-0.3, -0.25) is 0 Å². The van der Waals surface area contributed by atoms with Gasteiger partial charge in [-0.05, 0) is 56.4 Å². The molecule has 1 aliphatic rings. The van der Waals surface area contributed by atoms with E-state index in [-0.39, 0.29) is 0 Å². The van der Waals surface area contributed by atoms with Crippen molar-refractivity contribution in [2.24, 2.45) is 0 Å². The van der Waals surface area contributed by atoms with Crippen LogP contribution in [0.4, 0.5) is 0 Å². The van der Waals surface area contributed by atoms with Crippen molar-refractivity contribution in [3.8, 4) is 51.4 Å². The maximum absolute atomic E-state index is 9.65. The van der Waals surface area contributed by atoms with Crippen LogP contribution in [0.15, 0.2) is 103 Å². The highest BCUT2D eigenvalue weighted by molar-refractivity contribution is 6.62. The van der Waals surface area contributed by atoms with Crippen molar-refractivity contribution >= 4 is 12.6 Å². The fourth-order valence-corrected chi connectivity index (χ4v) is 4.81. The molecule has 0 spiro atoms. The van der Waals surface area contributed by atoms with Gasteiger partial charge in [0.25, 0.3) is 0 Å². The Kier molecular flexibility index (Phi) is 6.74. The number of rotatable bonds is 5. The van der Waals surface area contributed by atoms with E-state index in [0.717, 1.165) is 33.3 Å². The summed E-state index contributed by atoms with van der Waals surface area (Å²) in [4.78, 5) is 14.7. The summed E-state index contributed by atoms with van der Waals surface area (Å²) < 4.78 is 12.6. The van der Waals surface area contributed by atoms with Crippen LogP contribution in [0.5, 0.6) is 0 Å². The van der Waals surface area contributed by atoms with E-state index in [1.807, 2.05) is 131 Å². The molecule has 0 atom stereocenters. The summed E-state index contributed by atoms with van der Waals surface area (Å²) in [5, 5.41) is 9.65. The van der Waals surface area contributed by atoms with Gasteiger partial charge in [-0.1, -0.05) is 91.0 Å². The second-order valence-electron chi connectivity index (χ2n) is 11.1. The predicted octanol–water partition coefficient (Wildman–Crippen LogP) is 6.71. The fourth-order valence-electron chi connectivity index (χ4n) is 4.81. The second kappa shape index (κ2) is 10.4. The lowest BCUT2D eigenvalue weighted by molar-refractivity contribution is 0.00578. The molecule has 200 valence electrons. The van der Waals surface area contributed by atoms with Crippen LogP contribution in [-0.2, 0) is 9.31 Å². The molecule has 6 nitrogen and oxygen atoms in total. The molecule has 1 saturated heterocycles. The van der Waals surface area contributed by atoms with Crippen LogP contribution >= 0.6 is 0 Å². The molecule has 0 saturated carbocycles. The minimum atomic E-state index is -0.494. The first kappa shape index (κ1) is 26.6. The van der Waals surface area contributed by atoms with Crippen LogP contribution in [0.1, 0.15) is 33.3 Å². The summed E-state index contributed by atoms with van der Waals surface area (Å²) in [5.74, 6) is 1.68. The molecule has 41 heavy (non-hydrogen) atoms. The third-order valence-electron chi connectivity index (χ3n) is 7.82. The molecule has 7 heteroatoms. The molecule has 6 rings (SSSR count). The van der Waals surface area contributed by atoms with Gasteiger partial charge in [-0.2, -0.15) is 5.26 Å². The Hall–Kier alpha value is -4.64. The standard InChI is InChI=1S/C34H29BN4O2/c1-33(2)34(3,4)41-35(40-33)28-18-11-17-26(21-28)32-38-30(23-12-6-5-7-13-23)37-31(39-32)25-16-10-15-24(20-25)29-19-9-8-14-27(29)22-36/h5-21H,1-4H3. The SMILES string of the molecule is CC1(C)OB(c2cccc(-c3nc(-c4ccccc4)nc(-c4cccc(-c5ccccc5C#N)c4)n3)c2)OC1(C)C. The number of hydrogen-bond acceptors (Lipinski definition) is 6. The van der Waals surface area contributed by atoms with Crippen molar-refractivity contribution in [1.29, 1.82) is 5.26 Å². The number of aromatic nitrogens is 3. The molecule has 0 amide bonds. The minimum absolute atomic E-state index is 0.441. The first-order chi connectivity index (χ1) is 19.7. The van der Waals surface area contributed by atoms with Crippen molar-refractivity contribution in [2.75, 3.05) is 0 Å². The van der Waals surface area contributed by atoms with E-state index in [1.165, 1.54) is 0 Å². The van der Waals surface area contributed by atoms with Crippen LogP contribution in [-0.4, -0.2) is 33.3 Å². The van der Waals surface area contributed by atoms with Gasteiger partial charge in [-0.25, -0.2) is 15.0 Å². The first-order valence-corrected chi connectivity index (χ1v) is 13.6. The predicted molar refractivity (Wildman–Crippen MR) is 162 cm³/mol. The average Bonchev–Trinajstić information content (AvgIpc) is 3.23. The Morgan fingerprint density at radius 1 is 0.585 bits per heavy atom. The van der Waals surface area contributed by atoms with Gasteiger partial charge in [0, 0.05) is 16.7 Å². The molecule has 0 radical (unpaired) electrons. The first-order valence-electron chi connectivity index (χ1n) is 13.6. The van der Waals surface area contributed by atoms with Crippen LogP contribution in [0.2, 0.25) is 0 Å². The molecule has 1 fully saturated rings. The maximum atomic E-state index is 9.65. The molecule has 1 aromatic heterocycles. The van der Waals surface area contributed by atoms with Gasteiger partial charge < -0.3 is 9.31 Å². The van der Waals surface area contributed by atoms with Crippen LogP contribution in [0.3, 0.4) is 0 Å². The number of hydrogen-bond donors (Lipinski definition) is 0. The summed E-state index contributed by atoms with van der Waals surface area (Å²) in [5.41, 5.74) is 4.99. The fraction of sp³-hybridized carbons (Fsp3) is 0.176. The summed E-state index contributed by atoms with van der Waals surface area (Å²) >= 11 is 0. The van der Waals surface area contributed by atoms with Crippen molar-refractivity contribution in [1.82, 2.24) is 15.0 Å². The van der Waals surface area contributed by atoms with E-state index < -0.39 is 18.3 Å². The summed E-state index contributed by atoms with van der Waals surface area (Å²) in [6.45, 7) is 8.18. The Balaban J connectivity index is 1.46. The summed E-state index contributed by atoms with van der Waals surface area (Å²) in [7, 11) is -0.494. The number of nitrogens with zero attached hydrogens (tertiary/aromatic N) is 4. The Morgan fingerprint density at radius 2 is 1.10 bits per heavy atom. The van der Waals surface area contributed by atoms with E-state index in [4.69, 9.17) is 24.3 Å². The third kappa shape index (κ3) is 5.16. The quantitative estimate of drug-likeness (QED) is 0.232. The topological polar surface area (TPSA) is 80.9 Å². The lowest BCUT2D eigenvalue weighted by Crippen LogP contribution is -2.41. The zero-order valence-corrected chi connectivity index (χ0v) is 23.5. The maximum Gasteiger partial charge on any atom is 0.494 e. The molecule has 0 bridgehead atoms. The zero-order chi connectivity index (χ0) is 28.6. The van der Waals surface area contributed by atoms with Gasteiger partial charge in [-0.15, -0.1) is 0 Å². The molecular formula is C34H29BN4O2. The second-order valence-corrected chi connectivity index (χ2v) is 11.1. The highest BCUT2D eigenvalue weighted by Crippen LogP contribution is 2.37. The van der Waals surface area contributed by atoms with Gasteiger partial charge in [0.05, 0.1) is 22.8 Å². The molecule has 0 unspecified atom stereocenters. The van der Waals surface area contributed by atoms with Crippen LogP contribution in [0.25, 0.3) is 45.3 Å². The van der Waals surface area contributed by atoms with Gasteiger partial charge >= 0.3 is 7.12 Å². The van der Waals surface area contributed by atoms with E-state index in [0.29, 0.717) is 23.0 Å². The Labute approximate surface area is 240 Å². The molecule has 2 heterocycles. The van der Waals surface area contributed by atoms with Gasteiger partial charge in [0.15, 0.2) is 17.5 Å². The molecule has 0 aliphatic carbocycles. The largest absolute Gasteiger partial charge is 0.494 e. The molecular weight excluding hydrogens is 507 g/mol.